The number of benzene rings is 3. The first-order valence-electron chi connectivity index (χ1n) is 11.6. The molecule has 164 valence electrons. The number of fused-ring (bicyclic) bond motifs is 3. The summed E-state index contributed by atoms with van der Waals surface area (Å²) in [7, 11) is 0. The maximum absolute atomic E-state index is 6.11. The average Bonchev–Trinajstić information content (AvgIpc) is 3.15. The molecule has 2 heterocycles. The molecule has 1 unspecified atom stereocenters. The van der Waals surface area contributed by atoms with Crippen LogP contribution in [0, 0.1) is 6.92 Å². The second-order valence-corrected chi connectivity index (χ2v) is 10.0. The molecule has 0 aliphatic carbocycles. The summed E-state index contributed by atoms with van der Waals surface area (Å²) in [5.41, 5.74) is 9.22. The monoisotopic (exact) mass is 424 g/mol. The number of rotatable bonds is 4. The third-order valence-electron chi connectivity index (χ3n) is 6.47. The maximum Gasteiger partial charge on any atom is 0.120 e. The van der Waals surface area contributed by atoms with Crippen LogP contribution in [0.2, 0.25) is 0 Å². The number of hydrogen-bond donors (Lipinski definition) is 2. The Balaban J connectivity index is 1.49. The van der Waals surface area contributed by atoms with Gasteiger partial charge in [0.05, 0.1) is 6.04 Å². The molecule has 3 heteroatoms. The molecule has 0 saturated carbocycles. The highest BCUT2D eigenvalue weighted by molar-refractivity contribution is 5.86. The van der Waals surface area contributed by atoms with E-state index in [0.717, 1.165) is 18.7 Å². The highest BCUT2D eigenvalue weighted by atomic mass is 16.5. The van der Waals surface area contributed by atoms with Gasteiger partial charge in [0.1, 0.15) is 12.4 Å². The molecular weight excluding hydrogens is 392 g/mol. The first-order valence-corrected chi connectivity index (χ1v) is 11.6. The summed E-state index contributed by atoms with van der Waals surface area (Å²) in [6.07, 6.45) is 1.02. The highest BCUT2D eigenvalue weighted by Crippen LogP contribution is 2.36. The van der Waals surface area contributed by atoms with Crippen molar-refractivity contribution in [2.75, 3.05) is 6.54 Å². The van der Waals surface area contributed by atoms with Crippen LogP contribution in [0.4, 0.5) is 0 Å². The molecule has 4 aromatic rings. The first kappa shape index (κ1) is 20.8. The van der Waals surface area contributed by atoms with Gasteiger partial charge in [-0.05, 0) is 59.2 Å². The SMILES string of the molecule is Cc1cc(C2NCCc3c2[nH]c2ccc(OCc4ccccc4)cc32)cc(C(C)(C)C)c1. The molecule has 0 radical (unpaired) electrons. The van der Waals surface area contributed by atoms with Crippen LogP contribution in [0.15, 0.2) is 66.7 Å². The molecule has 0 fully saturated rings. The van der Waals surface area contributed by atoms with Crippen molar-refractivity contribution in [2.45, 2.75) is 52.2 Å². The van der Waals surface area contributed by atoms with Crippen molar-refractivity contribution < 1.29 is 4.74 Å². The summed E-state index contributed by atoms with van der Waals surface area (Å²) in [5, 5.41) is 5.04. The summed E-state index contributed by atoms with van der Waals surface area (Å²) >= 11 is 0. The maximum atomic E-state index is 6.11. The topological polar surface area (TPSA) is 37.0 Å². The quantitative estimate of drug-likeness (QED) is 0.388. The number of hydrogen-bond acceptors (Lipinski definition) is 2. The van der Waals surface area contributed by atoms with Gasteiger partial charge in [0.15, 0.2) is 0 Å². The second-order valence-electron chi connectivity index (χ2n) is 10.0. The molecule has 2 N–H and O–H groups in total. The van der Waals surface area contributed by atoms with E-state index >= 15 is 0 Å². The van der Waals surface area contributed by atoms with Crippen molar-refractivity contribution in [3.8, 4) is 5.75 Å². The molecule has 0 bridgehead atoms. The zero-order valence-electron chi connectivity index (χ0n) is 19.5. The van der Waals surface area contributed by atoms with Crippen molar-refractivity contribution in [1.82, 2.24) is 10.3 Å². The third kappa shape index (κ3) is 4.05. The Morgan fingerprint density at radius 2 is 1.78 bits per heavy atom. The molecule has 32 heavy (non-hydrogen) atoms. The molecule has 5 rings (SSSR count). The zero-order chi connectivity index (χ0) is 22.3. The minimum Gasteiger partial charge on any atom is -0.489 e. The number of aryl methyl sites for hydroxylation is 1. The predicted octanol–water partition coefficient (Wildman–Crippen LogP) is 6.59. The molecular formula is C29H32N2O. The van der Waals surface area contributed by atoms with Crippen LogP contribution in [0.25, 0.3) is 10.9 Å². The van der Waals surface area contributed by atoms with E-state index < -0.39 is 0 Å². The second kappa shape index (κ2) is 8.14. The molecule has 1 aliphatic rings. The Hall–Kier alpha value is -3.04. The zero-order valence-corrected chi connectivity index (χ0v) is 19.5. The number of ether oxygens (including phenoxy) is 1. The molecule has 3 nitrogen and oxygen atoms in total. The van der Waals surface area contributed by atoms with Crippen LogP contribution in [0.5, 0.6) is 5.75 Å². The summed E-state index contributed by atoms with van der Waals surface area (Å²) < 4.78 is 6.11. The smallest absolute Gasteiger partial charge is 0.120 e. The number of aromatic amines is 1. The van der Waals surface area contributed by atoms with E-state index in [4.69, 9.17) is 4.74 Å². The van der Waals surface area contributed by atoms with Gasteiger partial charge in [-0.2, -0.15) is 0 Å². The Bertz CT molecular complexity index is 1250. The van der Waals surface area contributed by atoms with Gasteiger partial charge in [-0.1, -0.05) is 74.9 Å². The van der Waals surface area contributed by atoms with Crippen LogP contribution < -0.4 is 10.1 Å². The Morgan fingerprint density at radius 1 is 0.969 bits per heavy atom. The summed E-state index contributed by atoms with van der Waals surface area (Å²) in [5.74, 6) is 0.920. The van der Waals surface area contributed by atoms with E-state index in [2.05, 4.69) is 86.5 Å². The van der Waals surface area contributed by atoms with Crippen molar-refractivity contribution in [3.05, 3.63) is 100 Å². The van der Waals surface area contributed by atoms with Crippen LogP contribution >= 0.6 is 0 Å². The minimum absolute atomic E-state index is 0.129. The van der Waals surface area contributed by atoms with Gasteiger partial charge in [-0.25, -0.2) is 0 Å². The minimum atomic E-state index is 0.129. The summed E-state index contributed by atoms with van der Waals surface area (Å²) in [6, 6.07) is 23.9. The summed E-state index contributed by atoms with van der Waals surface area (Å²) in [4.78, 5) is 3.73. The highest BCUT2D eigenvalue weighted by Gasteiger charge is 2.27. The number of aromatic nitrogens is 1. The lowest BCUT2D eigenvalue weighted by Gasteiger charge is -2.27. The van der Waals surface area contributed by atoms with Crippen LogP contribution in [0.1, 0.15) is 60.3 Å². The van der Waals surface area contributed by atoms with E-state index in [1.807, 2.05) is 18.2 Å². The lowest BCUT2D eigenvalue weighted by atomic mass is 9.83. The molecule has 0 spiro atoms. The van der Waals surface area contributed by atoms with Gasteiger partial charge in [-0.3, -0.25) is 0 Å². The Kier molecular flexibility index (Phi) is 5.30. The van der Waals surface area contributed by atoms with Gasteiger partial charge < -0.3 is 15.0 Å². The average molecular weight is 425 g/mol. The van der Waals surface area contributed by atoms with E-state index in [1.54, 1.807) is 0 Å². The van der Waals surface area contributed by atoms with E-state index in [0.29, 0.717) is 6.61 Å². The molecule has 1 aliphatic heterocycles. The first-order chi connectivity index (χ1) is 15.4. The van der Waals surface area contributed by atoms with Gasteiger partial charge in [0, 0.05) is 23.1 Å². The van der Waals surface area contributed by atoms with Gasteiger partial charge >= 0.3 is 0 Å². The largest absolute Gasteiger partial charge is 0.489 e. The van der Waals surface area contributed by atoms with Crippen molar-refractivity contribution in [1.29, 1.82) is 0 Å². The normalized spacial score (nSPS) is 16.2. The molecule has 1 atom stereocenters. The standard InChI is InChI=1S/C29H32N2O/c1-19-14-21(16-22(15-19)29(2,3)4)27-28-24(12-13-30-27)25-17-23(10-11-26(25)31-28)32-18-20-8-6-5-7-9-20/h5-11,14-17,27,30-31H,12-13,18H2,1-4H3. The van der Waals surface area contributed by atoms with Crippen LogP contribution in [0.3, 0.4) is 0 Å². The predicted molar refractivity (Wildman–Crippen MR) is 133 cm³/mol. The fourth-order valence-corrected chi connectivity index (χ4v) is 4.73. The number of nitrogens with one attached hydrogen (secondary N) is 2. The van der Waals surface area contributed by atoms with Crippen LogP contribution in [-0.4, -0.2) is 11.5 Å². The fraction of sp³-hybridized carbons (Fsp3) is 0.310. The number of H-pyrrole nitrogens is 1. The summed E-state index contributed by atoms with van der Waals surface area (Å²) in [6.45, 7) is 10.6. The van der Waals surface area contributed by atoms with E-state index in [-0.39, 0.29) is 11.5 Å². The van der Waals surface area contributed by atoms with E-state index in [1.165, 1.54) is 44.4 Å². The van der Waals surface area contributed by atoms with Gasteiger partial charge in [0.25, 0.3) is 0 Å². The lowest BCUT2D eigenvalue weighted by molar-refractivity contribution is 0.306. The van der Waals surface area contributed by atoms with Crippen LogP contribution in [-0.2, 0) is 18.4 Å². The van der Waals surface area contributed by atoms with Gasteiger partial charge in [0.2, 0.25) is 0 Å². The fourth-order valence-electron chi connectivity index (χ4n) is 4.73. The molecule has 0 amide bonds. The Labute approximate surface area is 190 Å². The molecule has 1 aromatic heterocycles. The third-order valence-corrected chi connectivity index (χ3v) is 6.47. The lowest BCUT2D eigenvalue weighted by Crippen LogP contribution is -2.30. The van der Waals surface area contributed by atoms with Crippen molar-refractivity contribution in [2.24, 2.45) is 0 Å². The van der Waals surface area contributed by atoms with Crippen molar-refractivity contribution in [3.63, 3.8) is 0 Å². The molecule has 0 saturated heterocycles. The Morgan fingerprint density at radius 3 is 2.56 bits per heavy atom. The van der Waals surface area contributed by atoms with Crippen molar-refractivity contribution >= 4 is 10.9 Å². The van der Waals surface area contributed by atoms with E-state index in [9.17, 15) is 0 Å². The van der Waals surface area contributed by atoms with Gasteiger partial charge in [-0.15, -0.1) is 0 Å². The molecule has 3 aromatic carbocycles.